The van der Waals surface area contributed by atoms with E-state index in [9.17, 15) is 13.2 Å². The van der Waals surface area contributed by atoms with Crippen molar-refractivity contribution in [3.63, 3.8) is 0 Å². The number of hydrogen-bond donors (Lipinski definition) is 2. The van der Waals surface area contributed by atoms with Crippen molar-refractivity contribution in [1.82, 2.24) is 10.3 Å². The van der Waals surface area contributed by atoms with Gasteiger partial charge in [0, 0.05) is 23.7 Å². The molecule has 0 aliphatic rings. The molecule has 0 saturated heterocycles. The second-order valence-corrected chi connectivity index (χ2v) is 8.07. The predicted molar refractivity (Wildman–Crippen MR) is 104 cm³/mol. The molecule has 1 heterocycles. The summed E-state index contributed by atoms with van der Waals surface area (Å²) in [7, 11) is -2.14. The first kappa shape index (κ1) is 18.9. The lowest BCUT2D eigenvalue weighted by atomic mass is 10.2. The summed E-state index contributed by atoms with van der Waals surface area (Å²) in [6.45, 7) is 0.356. The minimum absolute atomic E-state index is 0.0596. The van der Waals surface area contributed by atoms with Gasteiger partial charge in [-0.05, 0) is 42.0 Å². The summed E-state index contributed by atoms with van der Waals surface area (Å²) in [6, 6.07) is 13.1. The van der Waals surface area contributed by atoms with Crippen LogP contribution in [0.1, 0.15) is 15.9 Å². The van der Waals surface area contributed by atoms with E-state index < -0.39 is 10.0 Å². The smallest absolute Gasteiger partial charge is 0.263 e. The Labute approximate surface area is 161 Å². The number of nitrogens with one attached hydrogen (secondary N) is 2. The van der Waals surface area contributed by atoms with Gasteiger partial charge in [-0.15, -0.1) is 11.3 Å². The van der Waals surface area contributed by atoms with E-state index in [-0.39, 0.29) is 15.9 Å². The van der Waals surface area contributed by atoms with Gasteiger partial charge in [-0.1, -0.05) is 12.1 Å². The number of hydrogen-bond acceptors (Lipinski definition) is 6. The highest BCUT2D eigenvalue weighted by atomic mass is 32.2. The molecule has 2 aromatic carbocycles. The van der Waals surface area contributed by atoms with E-state index in [2.05, 4.69) is 15.0 Å². The average Bonchev–Trinajstić information content (AvgIpc) is 3.19. The molecule has 1 amide bonds. The minimum atomic E-state index is -3.73. The number of rotatable bonds is 7. The van der Waals surface area contributed by atoms with Gasteiger partial charge in [0.15, 0.2) is 5.13 Å². The Balaban J connectivity index is 1.62. The Kier molecular flexibility index (Phi) is 5.72. The predicted octanol–water partition coefficient (Wildman–Crippen LogP) is 2.88. The Morgan fingerprint density at radius 2 is 1.81 bits per heavy atom. The molecule has 0 radical (unpaired) electrons. The van der Waals surface area contributed by atoms with Gasteiger partial charge in [0.05, 0.1) is 12.0 Å². The molecule has 27 heavy (non-hydrogen) atoms. The molecule has 3 aromatic rings. The SMILES string of the molecule is COc1ccc(CNC(=O)c2ccc(S(=O)(=O)Nc3nccs3)cc2)cc1. The van der Waals surface area contributed by atoms with Crippen molar-refractivity contribution in [2.75, 3.05) is 11.8 Å². The van der Waals surface area contributed by atoms with Crippen molar-refractivity contribution in [2.24, 2.45) is 0 Å². The van der Waals surface area contributed by atoms with Crippen LogP contribution in [0.15, 0.2) is 65.0 Å². The maximum Gasteiger partial charge on any atom is 0.263 e. The number of anilines is 1. The standard InChI is InChI=1S/C18H17N3O4S2/c1-25-15-6-2-13(3-7-15)12-20-17(22)14-4-8-16(9-5-14)27(23,24)21-18-19-10-11-26-18/h2-11H,12H2,1H3,(H,19,21)(H,20,22). The number of carbonyl (C=O) groups is 1. The third-order valence-corrected chi connectivity index (χ3v) is 5.87. The maximum atomic E-state index is 12.3. The Morgan fingerprint density at radius 3 is 2.41 bits per heavy atom. The Hall–Kier alpha value is -2.91. The van der Waals surface area contributed by atoms with Gasteiger partial charge in [-0.3, -0.25) is 9.52 Å². The first-order chi connectivity index (χ1) is 13.0. The van der Waals surface area contributed by atoms with Crippen LogP contribution in [0, 0.1) is 0 Å². The number of ether oxygens (including phenoxy) is 1. The van der Waals surface area contributed by atoms with Gasteiger partial charge in [-0.2, -0.15) is 0 Å². The van der Waals surface area contributed by atoms with Crippen molar-refractivity contribution in [3.8, 4) is 5.75 Å². The summed E-state index contributed by atoms with van der Waals surface area (Å²) in [6.07, 6.45) is 1.51. The molecule has 0 aliphatic heterocycles. The molecule has 0 saturated carbocycles. The van der Waals surface area contributed by atoms with Gasteiger partial charge in [0.2, 0.25) is 0 Å². The molecule has 3 rings (SSSR count). The first-order valence-corrected chi connectivity index (χ1v) is 10.3. The van der Waals surface area contributed by atoms with Gasteiger partial charge in [0.1, 0.15) is 5.75 Å². The van der Waals surface area contributed by atoms with E-state index in [1.54, 1.807) is 12.5 Å². The molecular formula is C18H17N3O4S2. The lowest BCUT2D eigenvalue weighted by Crippen LogP contribution is -2.23. The number of amides is 1. The summed E-state index contributed by atoms with van der Waals surface area (Å²) in [5, 5.41) is 4.76. The highest BCUT2D eigenvalue weighted by Gasteiger charge is 2.16. The van der Waals surface area contributed by atoms with Crippen LogP contribution in [0.5, 0.6) is 5.75 Å². The molecular weight excluding hydrogens is 386 g/mol. The monoisotopic (exact) mass is 403 g/mol. The van der Waals surface area contributed by atoms with Crippen molar-refractivity contribution >= 4 is 32.4 Å². The normalized spacial score (nSPS) is 11.0. The zero-order chi connectivity index (χ0) is 19.3. The number of thiazole rings is 1. The number of carbonyl (C=O) groups excluding carboxylic acids is 1. The quantitative estimate of drug-likeness (QED) is 0.632. The number of benzene rings is 2. The number of nitrogens with zero attached hydrogens (tertiary/aromatic N) is 1. The van der Waals surface area contributed by atoms with E-state index in [0.29, 0.717) is 12.1 Å². The summed E-state index contributed by atoms with van der Waals surface area (Å²) in [5.74, 6) is 0.455. The third-order valence-electron chi connectivity index (χ3n) is 3.69. The molecule has 0 aliphatic carbocycles. The van der Waals surface area contributed by atoms with E-state index in [1.807, 2.05) is 24.3 Å². The molecule has 0 unspecified atom stereocenters. The topological polar surface area (TPSA) is 97.4 Å². The molecule has 7 nitrogen and oxygen atoms in total. The minimum Gasteiger partial charge on any atom is -0.497 e. The number of sulfonamides is 1. The summed E-state index contributed by atoms with van der Waals surface area (Å²) >= 11 is 1.19. The highest BCUT2D eigenvalue weighted by Crippen LogP contribution is 2.18. The first-order valence-electron chi connectivity index (χ1n) is 7.91. The lowest BCUT2D eigenvalue weighted by Gasteiger charge is -2.08. The van der Waals surface area contributed by atoms with E-state index in [4.69, 9.17) is 4.74 Å². The zero-order valence-electron chi connectivity index (χ0n) is 14.4. The molecule has 9 heteroatoms. The number of aromatic nitrogens is 1. The molecule has 0 spiro atoms. The molecule has 0 bridgehead atoms. The summed E-state index contributed by atoms with van der Waals surface area (Å²) in [5.41, 5.74) is 1.30. The van der Waals surface area contributed by atoms with Crippen LogP contribution in [0.4, 0.5) is 5.13 Å². The summed E-state index contributed by atoms with van der Waals surface area (Å²) in [4.78, 5) is 16.2. The Morgan fingerprint density at radius 1 is 1.11 bits per heavy atom. The van der Waals surface area contributed by atoms with Crippen LogP contribution in [0.3, 0.4) is 0 Å². The van der Waals surface area contributed by atoms with Gasteiger partial charge in [0.25, 0.3) is 15.9 Å². The van der Waals surface area contributed by atoms with Crippen LogP contribution in [0.2, 0.25) is 0 Å². The van der Waals surface area contributed by atoms with Gasteiger partial charge < -0.3 is 10.1 Å². The highest BCUT2D eigenvalue weighted by molar-refractivity contribution is 7.93. The fraction of sp³-hybridized carbons (Fsp3) is 0.111. The van der Waals surface area contributed by atoms with Crippen molar-refractivity contribution in [2.45, 2.75) is 11.4 Å². The van der Waals surface area contributed by atoms with Crippen LogP contribution < -0.4 is 14.8 Å². The lowest BCUT2D eigenvalue weighted by molar-refractivity contribution is 0.0951. The fourth-order valence-electron chi connectivity index (χ4n) is 2.26. The molecule has 1 aromatic heterocycles. The van der Waals surface area contributed by atoms with Gasteiger partial charge >= 0.3 is 0 Å². The maximum absolute atomic E-state index is 12.3. The molecule has 0 atom stereocenters. The van der Waals surface area contributed by atoms with Crippen molar-refractivity contribution in [3.05, 3.63) is 71.2 Å². The van der Waals surface area contributed by atoms with Crippen LogP contribution in [-0.4, -0.2) is 26.4 Å². The summed E-state index contributed by atoms with van der Waals surface area (Å²) < 4.78 is 32.1. The largest absolute Gasteiger partial charge is 0.497 e. The second kappa shape index (κ2) is 8.19. The number of methoxy groups -OCH3 is 1. The fourth-order valence-corrected chi connectivity index (χ4v) is 4.05. The van der Waals surface area contributed by atoms with E-state index >= 15 is 0 Å². The molecule has 2 N–H and O–H groups in total. The average molecular weight is 403 g/mol. The van der Waals surface area contributed by atoms with Crippen molar-refractivity contribution < 1.29 is 17.9 Å². The van der Waals surface area contributed by atoms with Crippen LogP contribution in [0.25, 0.3) is 0 Å². The van der Waals surface area contributed by atoms with Crippen LogP contribution >= 0.6 is 11.3 Å². The Bertz CT molecular complexity index is 1000. The van der Waals surface area contributed by atoms with E-state index in [0.717, 1.165) is 11.3 Å². The van der Waals surface area contributed by atoms with Crippen molar-refractivity contribution in [1.29, 1.82) is 0 Å². The molecule has 140 valence electrons. The van der Waals surface area contributed by atoms with E-state index in [1.165, 1.54) is 41.8 Å². The molecule has 0 fully saturated rings. The van der Waals surface area contributed by atoms with Crippen LogP contribution in [-0.2, 0) is 16.6 Å². The zero-order valence-corrected chi connectivity index (χ0v) is 16.0. The second-order valence-electron chi connectivity index (χ2n) is 5.50. The van der Waals surface area contributed by atoms with Gasteiger partial charge in [-0.25, -0.2) is 13.4 Å². The third kappa shape index (κ3) is 4.83.